The van der Waals surface area contributed by atoms with Crippen LogP contribution in [-0.4, -0.2) is 55.4 Å². The molecule has 7 heteroatoms. The summed E-state index contributed by atoms with van der Waals surface area (Å²) < 4.78 is 24.4. The third-order valence-electron chi connectivity index (χ3n) is 4.04. The SMILES string of the molecule is Cc1onc(-c2ccccc2F)c1C(=O)NCCN1CCOCC1. The molecular weight excluding hydrogens is 313 g/mol. The van der Waals surface area contributed by atoms with Gasteiger partial charge >= 0.3 is 0 Å². The summed E-state index contributed by atoms with van der Waals surface area (Å²) in [6, 6.07) is 6.20. The lowest BCUT2D eigenvalue weighted by atomic mass is 10.1. The number of hydrogen-bond donors (Lipinski definition) is 1. The molecule has 1 aromatic carbocycles. The Hall–Kier alpha value is -2.25. The van der Waals surface area contributed by atoms with Crippen LogP contribution in [0, 0.1) is 12.7 Å². The highest BCUT2D eigenvalue weighted by atomic mass is 19.1. The molecular formula is C17H20FN3O3. The zero-order valence-electron chi connectivity index (χ0n) is 13.5. The quantitative estimate of drug-likeness (QED) is 0.904. The van der Waals surface area contributed by atoms with Crippen molar-refractivity contribution in [2.75, 3.05) is 39.4 Å². The highest BCUT2D eigenvalue weighted by Crippen LogP contribution is 2.27. The Balaban J connectivity index is 1.69. The van der Waals surface area contributed by atoms with E-state index in [1.807, 2.05) is 0 Å². The number of halogens is 1. The summed E-state index contributed by atoms with van der Waals surface area (Å²) in [7, 11) is 0. The maximum absolute atomic E-state index is 14.0. The van der Waals surface area contributed by atoms with E-state index in [2.05, 4.69) is 15.4 Å². The molecule has 24 heavy (non-hydrogen) atoms. The number of aryl methyl sites for hydroxylation is 1. The van der Waals surface area contributed by atoms with Gasteiger partial charge in [0.05, 0.1) is 13.2 Å². The van der Waals surface area contributed by atoms with Gasteiger partial charge in [0.15, 0.2) is 0 Å². The Morgan fingerprint density at radius 2 is 2.08 bits per heavy atom. The highest BCUT2D eigenvalue weighted by Gasteiger charge is 2.23. The molecule has 2 heterocycles. The summed E-state index contributed by atoms with van der Waals surface area (Å²) >= 11 is 0. The number of morpholine rings is 1. The molecule has 0 atom stereocenters. The Morgan fingerprint density at radius 3 is 2.83 bits per heavy atom. The summed E-state index contributed by atoms with van der Waals surface area (Å²) in [5.41, 5.74) is 0.768. The molecule has 128 valence electrons. The average molecular weight is 333 g/mol. The van der Waals surface area contributed by atoms with Crippen molar-refractivity contribution in [2.45, 2.75) is 6.92 Å². The number of benzene rings is 1. The lowest BCUT2D eigenvalue weighted by Gasteiger charge is -2.26. The van der Waals surface area contributed by atoms with Crippen molar-refractivity contribution in [3.63, 3.8) is 0 Å². The van der Waals surface area contributed by atoms with Gasteiger partial charge in [-0.1, -0.05) is 17.3 Å². The van der Waals surface area contributed by atoms with Crippen LogP contribution in [-0.2, 0) is 4.74 Å². The number of aromatic nitrogens is 1. The van der Waals surface area contributed by atoms with Crippen LogP contribution in [0.5, 0.6) is 0 Å². The summed E-state index contributed by atoms with van der Waals surface area (Å²) in [6.07, 6.45) is 0. The zero-order chi connectivity index (χ0) is 16.9. The van der Waals surface area contributed by atoms with Gasteiger partial charge in [0.25, 0.3) is 5.91 Å². The van der Waals surface area contributed by atoms with Crippen LogP contribution >= 0.6 is 0 Å². The molecule has 1 N–H and O–H groups in total. The first-order valence-electron chi connectivity index (χ1n) is 7.96. The summed E-state index contributed by atoms with van der Waals surface area (Å²) in [5.74, 6) is -0.370. The van der Waals surface area contributed by atoms with E-state index in [1.165, 1.54) is 6.07 Å². The van der Waals surface area contributed by atoms with E-state index in [4.69, 9.17) is 9.26 Å². The Kier molecular flexibility index (Phi) is 5.22. The maximum Gasteiger partial charge on any atom is 0.257 e. The van der Waals surface area contributed by atoms with E-state index in [0.29, 0.717) is 12.3 Å². The standard InChI is InChI=1S/C17H20FN3O3/c1-12-15(16(20-24-12)13-4-2-3-5-14(13)18)17(22)19-6-7-21-8-10-23-11-9-21/h2-5H,6-11H2,1H3,(H,19,22). The fourth-order valence-corrected chi connectivity index (χ4v) is 2.72. The smallest absolute Gasteiger partial charge is 0.257 e. The monoisotopic (exact) mass is 333 g/mol. The minimum absolute atomic E-state index is 0.231. The van der Waals surface area contributed by atoms with Crippen molar-refractivity contribution in [3.8, 4) is 11.3 Å². The van der Waals surface area contributed by atoms with Crippen molar-refractivity contribution in [2.24, 2.45) is 0 Å². The molecule has 1 saturated heterocycles. The van der Waals surface area contributed by atoms with Crippen LogP contribution in [0.15, 0.2) is 28.8 Å². The minimum atomic E-state index is -0.437. The molecule has 0 aliphatic carbocycles. The average Bonchev–Trinajstić information content (AvgIpc) is 2.97. The number of ether oxygens (including phenoxy) is 1. The van der Waals surface area contributed by atoms with Gasteiger partial charge in [0.1, 0.15) is 22.8 Å². The van der Waals surface area contributed by atoms with E-state index in [-0.39, 0.29) is 22.7 Å². The van der Waals surface area contributed by atoms with Crippen molar-refractivity contribution in [1.29, 1.82) is 0 Å². The van der Waals surface area contributed by atoms with Gasteiger partial charge in [0, 0.05) is 31.7 Å². The van der Waals surface area contributed by atoms with E-state index in [0.717, 1.165) is 32.8 Å². The molecule has 0 bridgehead atoms. The third kappa shape index (κ3) is 3.63. The second-order valence-corrected chi connectivity index (χ2v) is 5.65. The highest BCUT2D eigenvalue weighted by molar-refractivity contribution is 6.00. The lowest BCUT2D eigenvalue weighted by molar-refractivity contribution is 0.0383. The molecule has 6 nitrogen and oxygen atoms in total. The predicted molar refractivity (Wildman–Crippen MR) is 86.2 cm³/mol. The molecule has 0 saturated carbocycles. The summed E-state index contributed by atoms with van der Waals surface area (Å²) in [5, 5.41) is 6.72. The van der Waals surface area contributed by atoms with Crippen LogP contribution < -0.4 is 5.32 Å². The molecule has 0 radical (unpaired) electrons. The third-order valence-corrected chi connectivity index (χ3v) is 4.04. The number of rotatable bonds is 5. The number of carbonyl (C=O) groups excluding carboxylic acids is 1. The summed E-state index contributed by atoms with van der Waals surface area (Å²) in [6.45, 7) is 6.06. The molecule has 1 aliphatic heterocycles. The van der Waals surface area contributed by atoms with Crippen molar-refractivity contribution in [3.05, 3.63) is 41.4 Å². The van der Waals surface area contributed by atoms with Gasteiger partial charge in [-0.05, 0) is 19.1 Å². The van der Waals surface area contributed by atoms with E-state index < -0.39 is 5.82 Å². The largest absolute Gasteiger partial charge is 0.379 e. The van der Waals surface area contributed by atoms with Crippen molar-refractivity contribution >= 4 is 5.91 Å². The molecule has 0 unspecified atom stereocenters. The van der Waals surface area contributed by atoms with Gasteiger partial charge in [-0.2, -0.15) is 0 Å². The molecule has 2 aromatic rings. The van der Waals surface area contributed by atoms with Crippen LogP contribution in [0.25, 0.3) is 11.3 Å². The van der Waals surface area contributed by atoms with E-state index in [1.54, 1.807) is 25.1 Å². The molecule has 1 aliphatic rings. The zero-order valence-corrected chi connectivity index (χ0v) is 13.5. The van der Waals surface area contributed by atoms with Gasteiger partial charge in [-0.3, -0.25) is 9.69 Å². The fraction of sp³-hybridized carbons (Fsp3) is 0.412. The van der Waals surface area contributed by atoms with Crippen molar-refractivity contribution < 1.29 is 18.4 Å². The number of nitrogens with zero attached hydrogens (tertiary/aromatic N) is 2. The van der Waals surface area contributed by atoms with E-state index in [9.17, 15) is 9.18 Å². The number of amides is 1. The predicted octanol–water partition coefficient (Wildman–Crippen LogP) is 1.85. The molecule has 1 aromatic heterocycles. The normalized spacial score (nSPS) is 15.4. The second-order valence-electron chi connectivity index (χ2n) is 5.65. The molecule has 1 amide bonds. The van der Waals surface area contributed by atoms with Gasteiger partial charge < -0.3 is 14.6 Å². The second kappa shape index (κ2) is 7.55. The van der Waals surface area contributed by atoms with E-state index >= 15 is 0 Å². The first-order valence-corrected chi connectivity index (χ1v) is 7.96. The Labute approximate surface area is 139 Å². The van der Waals surface area contributed by atoms with Gasteiger partial charge in [0.2, 0.25) is 0 Å². The van der Waals surface area contributed by atoms with Crippen LogP contribution in [0.4, 0.5) is 4.39 Å². The number of hydrogen-bond acceptors (Lipinski definition) is 5. The Morgan fingerprint density at radius 1 is 1.33 bits per heavy atom. The molecule has 0 spiro atoms. The van der Waals surface area contributed by atoms with Crippen LogP contribution in [0.2, 0.25) is 0 Å². The minimum Gasteiger partial charge on any atom is -0.379 e. The lowest BCUT2D eigenvalue weighted by Crippen LogP contribution is -2.41. The number of carbonyl (C=O) groups is 1. The van der Waals surface area contributed by atoms with Gasteiger partial charge in [-0.15, -0.1) is 0 Å². The van der Waals surface area contributed by atoms with Crippen LogP contribution in [0.1, 0.15) is 16.1 Å². The fourth-order valence-electron chi connectivity index (χ4n) is 2.72. The first-order chi connectivity index (χ1) is 11.7. The first kappa shape index (κ1) is 16.6. The Bertz CT molecular complexity index is 711. The molecule has 1 fully saturated rings. The van der Waals surface area contributed by atoms with Crippen LogP contribution in [0.3, 0.4) is 0 Å². The van der Waals surface area contributed by atoms with Crippen molar-refractivity contribution in [1.82, 2.24) is 15.4 Å². The topological polar surface area (TPSA) is 67.6 Å². The molecule has 3 rings (SSSR count). The van der Waals surface area contributed by atoms with Gasteiger partial charge in [-0.25, -0.2) is 4.39 Å². The summed E-state index contributed by atoms with van der Waals surface area (Å²) in [4.78, 5) is 14.7. The number of nitrogens with one attached hydrogen (secondary N) is 1. The maximum atomic E-state index is 14.0.